The monoisotopic (exact) mass is 219 g/mol. The molecule has 90 valence electrons. The van der Waals surface area contributed by atoms with Crippen molar-refractivity contribution in [1.82, 2.24) is 5.32 Å². The van der Waals surface area contributed by atoms with Crippen LogP contribution in [0.1, 0.15) is 49.3 Å². The smallest absolute Gasteiger partial charge is 0.00432 e. The van der Waals surface area contributed by atoms with E-state index in [0.29, 0.717) is 5.92 Å². The zero-order chi connectivity index (χ0) is 12.0. The fraction of sp³-hybridized carbons (Fsp3) is 0.600. The van der Waals surface area contributed by atoms with Gasteiger partial charge in [-0.1, -0.05) is 32.0 Å². The molecule has 1 heteroatoms. The van der Waals surface area contributed by atoms with Crippen molar-refractivity contribution in [3.05, 3.63) is 34.9 Å². The molecule has 0 aliphatic carbocycles. The van der Waals surface area contributed by atoms with E-state index in [1.165, 1.54) is 29.5 Å². The molecule has 1 aromatic rings. The van der Waals surface area contributed by atoms with Gasteiger partial charge < -0.3 is 5.32 Å². The molecule has 0 saturated heterocycles. The Morgan fingerprint density at radius 2 is 1.94 bits per heavy atom. The predicted octanol–water partition coefficient (Wildman–Crippen LogP) is 3.80. The number of benzene rings is 1. The Balaban J connectivity index is 2.52. The van der Waals surface area contributed by atoms with Crippen molar-refractivity contribution in [1.29, 1.82) is 0 Å². The number of nitrogens with one attached hydrogen (secondary N) is 1. The van der Waals surface area contributed by atoms with Gasteiger partial charge in [0, 0.05) is 0 Å². The van der Waals surface area contributed by atoms with E-state index in [4.69, 9.17) is 0 Å². The molecule has 0 amide bonds. The second kappa shape index (κ2) is 6.70. The molecule has 0 fully saturated rings. The first kappa shape index (κ1) is 13.2. The third-order valence-electron chi connectivity index (χ3n) is 3.36. The zero-order valence-electron chi connectivity index (χ0n) is 11.1. The molecule has 0 aromatic heterocycles. The zero-order valence-corrected chi connectivity index (χ0v) is 11.1. The summed E-state index contributed by atoms with van der Waals surface area (Å²) in [5.74, 6) is 0.657. The van der Waals surface area contributed by atoms with Crippen LogP contribution < -0.4 is 5.32 Å². The summed E-state index contributed by atoms with van der Waals surface area (Å²) >= 11 is 0. The van der Waals surface area contributed by atoms with Crippen molar-refractivity contribution >= 4 is 0 Å². The average molecular weight is 219 g/mol. The van der Waals surface area contributed by atoms with Gasteiger partial charge in [-0.05, 0) is 62.4 Å². The molecule has 0 spiro atoms. The minimum absolute atomic E-state index is 0.657. The van der Waals surface area contributed by atoms with Gasteiger partial charge in [-0.3, -0.25) is 0 Å². The van der Waals surface area contributed by atoms with Gasteiger partial charge in [0.1, 0.15) is 0 Å². The first-order chi connectivity index (χ1) is 7.66. The normalized spacial score (nSPS) is 12.8. The molecule has 0 saturated carbocycles. The summed E-state index contributed by atoms with van der Waals surface area (Å²) in [6.07, 6.45) is 2.45. The van der Waals surface area contributed by atoms with Gasteiger partial charge in [0.05, 0.1) is 0 Å². The van der Waals surface area contributed by atoms with Crippen LogP contribution in [0.4, 0.5) is 0 Å². The van der Waals surface area contributed by atoms with Crippen molar-refractivity contribution in [2.45, 2.75) is 46.5 Å². The minimum atomic E-state index is 0.657. The van der Waals surface area contributed by atoms with Crippen LogP contribution in [0, 0.1) is 13.8 Å². The van der Waals surface area contributed by atoms with Crippen molar-refractivity contribution in [3.8, 4) is 0 Å². The van der Waals surface area contributed by atoms with E-state index in [0.717, 1.165) is 13.1 Å². The predicted molar refractivity (Wildman–Crippen MR) is 72.1 cm³/mol. The van der Waals surface area contributed by atoms with Crippen LogP contribution >= 0.6 is 0 Å². The van der Waals surface area contributed by atoms with Crippen LogP contribution in [-0.2, 0) is 0 Å². The fourth-order valence-electron chi connectivity index (χ4n) is 2.08. The topological polar surface area (TPSA) is 12.0 Å². The highest BCUT2D eigenvalue weighted by atomic mass is 14.8. The number of aryl methyl sites for hydroxylation is 1. The van der Waals surface area contributed by atoms with Crippen LogP contribution in [0.2, 0.25) is 0 Å². The maximum absolute atomic E-state index is 3.47. The molecule has 1 N–H and O–H groups in total. The third-order valence-corrected chi connectivity index (χ3v) is 3.36. The summed E-state index contributed by atoms with van der Waals surface area (Å²) in [6.45, 7) is 11.2. The Kier molecular flexibility index (Phi) is 5.54. The van der Waals surface area contributed by atoms with Gasteiger partial charge in [0.2, 0.25) is 0 Å². The van der Waals surface area contributed by atoms with Gasteiger partial charge in [0.25, 0.3) is 0 Å². The van der Waals surface area contributed by atoms with Crippen molar-refractivity contribution in [2.75, 3.05) is 13.1 Å². The molecule has 0 radical (unpaired) electrons. The Morgan fingerprint density at radius 3 is 2.62 bits per heavy atom. The molecule has 1 unspecified atom stereocenters. The number of hydrogen-bond acceptors (Lipinski definition) is 1. The summed E-state index contributed by atoms with van der Waals surface area (Å²) < 4.78 is 0. The van der Waals surface area contributed by atoms with E-state index < -0.39 is 0 Å². The van der Waals surface area contributed by atoms with Crippen molar-refractivity contribution in [2.24, 2.45) is 0 Å². The van der Waals surface area contributed by atoms with E-state index in [-0.39, 0.29) is 0 Å². The van der Waals surface area contributed by atoms with Gasteiger partial charge in [-0.25, -0.2) is 0 Å². The lowest BCUT2D eigenvalue weighted by atomic mass is 9.91. The second-order valence-corrected chi connectivity index (χ2v) is 4.73. The molecule has 1 aromatic carbocycles. The van der Waals surface area contributed by atoms with E-state index in [1.807, 2.05) is 0 Å². The summed E-state index contributed by atoms with van der Waals surface area (Å²) in [5, 5.41) is 3.47. The van der Waals surface area contributed by atoms with Crippen LogP contribution in [-0.4, -0.2) is 13.1 Å². The summed E-state index contributed by atoms with van der Waals surface area (Å²) in [7, 11) is 0. The van der Waals surface area contributed by atoms with Gasteiger partial charge in [-0.2, -0.15) is 0 Å². The third kappa shape index (κ3) is 3.64. The average Bonchev–Trinajstić information content (AvgIpc) is 2.28. The maximum atomic E-state index is 3.47. The van der Waals surface area contributed by atoms with Gasteiger partial charge >= 0.3 is 0 Å². The molecular formula is C15H25N. The lowest BCUT2D eigenvalue weighted by Gasteiger charge is -2.16. The molecule has 0 heterocycles. The van der Waals surface area contributed by atoms with E-state index >= 15 is 0 Å². The fourth-order valence-corrected chi connectivity index (χ4v) is 2.08. The maximum Gasteiger partial charge on any atom is -0.00432 e. The highest BCUT2D eigenvalue weighted by molar-refractivity contribution is 5.35. The van der Waals surface area contributed by atoms with E-state index in [2.05, 4.69) is 51.2 Å². The van der Waals surface area contributed by atoms with Crippen LogP contribution in [0.5, 0.6) is 0 Å². The lowest BCUT2D eigenvalue weighted by Crippen LogP contribution is -2.17. The van der Waals surface area contributed by atoms with Crippen molar-refractivity contribution < 1.29 is 0 Å². The summed E-state index contributed by atoms with van der Waals surface area (Å²) in [6, 6.07) is 6.64. The molecule has 0 aliphatic rings. The van der Waals surface area contributed by atoms with Gasteiger partial charge in [-0.15, -0.1) is 0 Å². The highest BCUT2D eigenvalue weighted by Crippen LogP contribution is 2.24. The summed E-state index contributed by atoms with van der Waals surface area (Å²) in [4.78, 5) is 0. The van der Waals surface area contributed by atoms with Crippen LogP contribution in [0.15, 0.2) is 18.2 Å². The second-order valence-electron chi connectivity index (χ2n) is 4.73. The molecule has 1 rings (SSSR count). The summed E-state index contributed by atoms with van der Waals surface area (Å²) in [5.41, 5.74) is 4.38. The molecule has 1 nitrogen and oxygen atoms in total. The van der Waals surface area contributed by atoms with E-state index in [1.54, 1.807) is 0 Å². The van der Waals surface area contributed by atoms with E-state index in [9.17, 15) is 0 Å². The molecule has 0 aliphatic heterocycles. The lowest BCUT2D eigenvalue weighted by molar-refractivity contribution is 0.589. The number of rotatable bonds is 6. The SMILES string of the molecule is CCCNCCC(C)c1cccc(C)c1C. The van der Waals surface area contributed by atoms with Crippen LogP contribution in [0.25, 0.3) is 0 Å². The van der Waals surface area contributed by atoms with Gasteiger partial charge in [0.15, 0.2) is 0 Å². The molecular weight excluding hydrogens is 194 g/mol. The van der Waals surface area contributed by atoms with Crippen molar-refractivity contribution in [3.63, 3.8) is 0 Å². The molecule has 0 bridgehead atoms. The highest BCUT2D eigenvalue weighted by Gasteiger charge is 2.08. The molecule has 16 heavy (non-hydrogen) atoms. The Hall–Kier alpha value is -0.820. The Morgan fingerprint density at radius 1 is 1.19 bits per heavy atom. The minimum Gasteiger partial charge on any atom is -0.317 e. The number of hydrogen-bond donors (Lipinski definition) is 1. The Labute approximate surface area is 100 Å². The first-order valence-corrected chi connectivity index (χ1v) is 6.43. The Bertz CT molecular complexity index is 317. The van der Waals surface area contributed by atoms with Crippen LogP contribution in [0.3, 0.4) is 0 Å². The quantitative estimate of drug-likeness (QED) is 0.718. The molecule has 1 atom stereocenters. The largest absolute Gasteiger partial charge is 0.317 e. The first-order valence-electron chi connectivity index (χ1n) is 6.43. The standard InChI is InChI=1S/C15H25N/c1-5-10-16-11-9-13(3)15-8-6-7-12(2)14(15)4/h6-8,13,16H,5,9-11H2,1-4H3.